The van der Waals surface area contributed by atoms with E-state index in [0.717, 1.165) is 11.1 Å². The molecule has 0 aliphatic heterocycles. The molecule has 0 heterocycles. The second-order valence-corrected chi connectivity index (χ2v) is 5.22. The summed E-state index contributed by atoms with van der Waals surface area (Å²) >= 11 is 9.15. The molecule has 0 saturated carbocycles. The van der Waals surface area contributed by atoms with Gasteiger partial charge in [0, 0.05) is 0 Å². The molecule has 100 valence electrons. The minimum absolute atomic E-state index is 0.0646. The van der Waals surface area contributed by atoms with Crippen LogP contribution in [0.2, 0.25) is 5.02 Å². The Labute approximate surface area is 123 Å². The highest BCUT2D eigenvalue weighted by Crippen LogP contribution is 2.27. The van der Waals surface area contributed by atoms with E-state index in [4.69, 9.17) is 21.4 Å². The smallest absolute Gasteiger partial charge is 0.138 e. The highest BCUT2D eigenvalue weighted by molar-refractivity contribution is 9.10. The first-order valence-electron chi connectivity index (χ1n) is 5.56. The summed E-state index contributed by atoms with van der Waals surface area (Å²) in [6.07, 6.45) is 0. The van der Waals surface area contributed by atoms with Gasteiger partial charge >= 0.3 is 0 Å². The Balaban J connectivity index is 2.07. The minimum atomic E-state index is -0.311. The van der Waals surface area contributed by atoms with E-state index < -0.39 is 0 Å². The minimum Gasteiger partial charge on any atom is -0.487 e. The Morgan fingerprint density at radius 1 is 1.16 bits per heavy atom. The second-order valence-electron chi connectivity index (χ2n) is 3.96. The maximum absolute atomic E-state index is 13.1. The van der Waals surface area contributed by atoms with Gasteiger partial charge in [-0.05, 0) is 51.3 Å². The number of rotatable bonds is 4. The van der Waals surface area contributed by atoms with Crippen LogP contribution in [0.5, 0.6) is 5.75 Å². The highest BCUT2D eigenvalue weighted by atomic mass is 79.9. The van der Waals surface area contributed by atoms with Gasteiger partial charge in [0.15, 0.2) is 0 Å². The molecule has 5 heteroatoms. The zero-order valence-corrected chi connectivity index (χ0v) is 12.2. The van der Waals surface area contributed by atoms with Crippen molar-refractivity contribution in [2.75, 3.05) is 0 Å². The number of aliphatic hydroxyl groups excluding tert-OH is 1. The summed E-state index contributed by atoms with van der Waals surface area (Å²) in [5, 5.41) is 9.41. The third-order valence-corrected chi connectivity index (χ3v) is 3.46. The first kappa shape index (κ1) is 14.3. The normalized spacial score (nSPS) is 10.5. The number of benzene rings is 2. The van der Waals surface area contributed by atoms with Gasteiger partial charge < -0.3 is 9.84 Å². The van der Waals surface area contributed by atoms with Gasteiger partial charge in [-0.3, -0.25) is 0 Å². The Bertz CT molecular complexity index is 590. The number of aliphatic hydroxyl groups is 1. The van der Waals surface area contributed by atoms with Crippen LogP contribution in [-0.4, -0.2) is 5.11 Å². The maximum Gasteiger partial charge on any atom is 0.138 e. The Morgan fingerprint density at radius 3 is 2.53 bits per heavy atom. The summed E-state index contributed by atoms with van der Waals surface area (Å²) in [5.41, 5.74) is 1.55. The fourth-order valence-corrected chi connectivity index (χ4v) is 2.23. The van der Waals surface area contributed by atoms with E-state index in [2.05, 4.69) is 15.9 Å². The summed E-state index contributed by atoms with van der Waals surface area (Å²) in [5.74, 6) is 0.216. The lowest BCUT2D eigenvalue weighted by molar-refractivity contribution is 0.280. The van der Waals surface area contributed by atoms with Crippen LogP contribution in [0, 0.1) is 5.82 Å². The number of hydrogen-bond acceptors (Lipinski definition) is 2. The van der Waals surface area contributed by atoms with Crippen molar-refractivity contribution in [3.63, 3.8) is 0 Å². The molecule has 0 fully saturated rings. The standard InChI is InChI=1S/C14H11BrClFO2/c15-11-5-10(1-3-13(11)17)8-19-14-4-2-9(7-18)6-12(14)16/h1-6,18H,7-8H2. The molecule has 0 aliphatic carbocycles. The molecular formula is C14H11BrClFO2. The van der Waals surface area contributed by atoms with Crippen LogP contribution in [0.4, 0.5) is 4.39 Å². The molecule has 2 aromatic rings. The SMILES string of the molecule is OCc1ccc(OCc2ccc(F)c(Br)c2)c(Cl)c1. The first-order chi connectivity index (χ1) is 9.10. The fourth-order valence-electron chi connectivity index (χ4n) is 1.55. The molecule has 19 heavy (non-hydrogen) atoms. The topological polar surface area (TPSA) is 29.5 Å². The number of halogens is 3. The van der Waals surface area contributed by atoms with Gasteiger partial charge in [-0.25, -0.2) is 4.39 Å². The molecule has 2 rings (SSSR count). The summed E-state index contributed by atoms with van der Waals surface area (Å²) < 4.78 is 19.0. The van der Waals surface area contributed by atoms with E-state index in [0.29, 0.717) is 15.2 Å². The lowest BCUT2D eigenvalue weighted by atomic mass is 10.2. The fraction of sp³-hybridized carbons (Fsp3) is 0.143. The number of hydrogen-bond donors (Lipinski definition) is 1. The molecule has 1 N–H and O–H groups in total. The van der Waals surface area contributed by atoms with Crippen molar-refractivity contribution in [2.45, 2.75) is 13.2 Å². The van der Waals surface area contributed by atoms with Crippen molar-refractivity contribution < 1.29 is 14.2 Å². The zero-order chi connectivity index (χ0) is 13.8. The van der Waals surface area contributed by atoms with Crippen molar-refractivity contribution in [1.29, 1.82) is 0 Å². The van der Waals surface area contributed by atoms with E-state index >= 15 is 0 Å². The summed E-state index contributed by atoms with van der Waals surface area (Å²) in [4.78, 5) is 0. The lowest BCUT2D eigenvalue weighted by Crippen LogP contribution is -1.97. The molecule has 0 atom stereocenters. The predicted octanol–water partition coefficient (Wildman–Crippen LogP) is 4.31. The quantitative estimate of drug-likeness (QED) is 0.894. The van der Waals surface area contributed by atoms with Crippen molar-refractivity contribution in [1.82, 2.24) is 0 Å². The van der Waals surface area contributed by atoms with E-state index in [1.165, 1.54) is 6.07 Å². The van der Waals surface area contributed by atoms with Crippen molar-refractivity contribution >= 4 is 27.5 Å². The van der Waals surface area contributed by atoms with Gasteiger partial charge in [-0.15, -0.1) is 0 Å². The lowest BCUT2D eigenvalue weighted by Gasteiger charge is -2.09. The van der Waals surface area contributed by atoms with Gasteiger partial charge in [0.05, 0.1) is 16.1 Å². The van der Waals surface area contributed by atoms with Crippen molar-refractivity contribution in [3.05, 3.63) is 62.8 Å². The Hall–Kier alpha value is -1.10. The van der Waals surface area contributed by atoms with Crippen LogP contribution in [0.3, 0.4) is 0 Å². The van der Waals surface area contributed by atoms with Crippen LogP contribution in [0.1, 0.15) is 11.1 Å². The van der Waals surface area contributed by atoms with E-state index in [1.54, 1.807) is 30.3 Å². The summed E-state index contributed by atoms with van der Waals surface area (Å²) in [6.45, 7) is 0.224. The van der Waals surface area contributed by atoms with E-state index in [-0.39, 0.29) is 19.0 Å². The van der Waals surface area contributed by atoms with Gasteiger partial charge in [0.2, 0.25) is 0 Å². The predicted molar refractivity (Wildman–Crippen MR) is 75.8 cm³/mol. The monoisotopic (exact) mass is 344 g/mol. The van der Waals surface area contributed by atoms with Gasteiger partial charge in [0.25, 0.3) is 0 Å². The Kier molecular flexibility index (Phi) is 4.80. The molecular weight excluding hydrogens is 335 g/mol. The molecule has 2 nitrogen and oxygen atoms in total. The van der Waals surface area contributed by atoms with Gasteiger partial charge in [-0.2, -0.15) is 0 Å². The largest absolute Gasteiger partial charge is 0.487 e. The van der Waals surface area contributed by atoms with Crippen LogP contribution >= 0.6 is 27.5 Å². The van der Waals surface area contributed by atoms with Crippen molar-refractivity contribution in [2.24, 2.45) is 0 Å². The molecule has 0 saturated heterocycles. The molecule has 0 bridgehead atoms. The van der Waals surface area contributed by atoms with E-state index in [1.807, 2.05) is 0 Å². The average molecular weight is 346 g/mol. The molecule has 0 spiro atoms. The third-order valence-electron chi connectivity index (χ3n) is 2.56. The van der Waals surface area contributed by atoms with Gasteiger partial charge in [0.1, 0.15) is 18.2 Å². The first-order valence-corrected chi connectivity index (χ1v) is 6.73. The molecule has 2 aromatic carbocycles. The average Bonchev–Trinajstić information content (AvgIpc) is 2.41. The van der Waals surface area contributed by atoms with Crippen molar-refractivity contribution in [3.8, 4) is 5.75 Å². The maximum atomic E-state index is 13.1. The molecule has 0 aromatic heterocycles. The summed E-state index contributed by atoms with van der Waals surface area (Å²) in [7, 11) is 0. The molecule has 0 amide bonds. The Morgan fingerprint density at radius 2 is 1.89 bits per heavy atom. The zero-order valence-electron chi connectivity index (χ0n) is 9.87. The van der Waals surface area contributed by atoms with Crippen LogP contribution in [0.15, 0.2) is 40.9 Å². The number of ether oxygens (including phenoxy) is 1. The van der Waals surface area contributed by atoms with E-state index in [9.17, 15) is 4.39 Å². The van der Waals surface area contributed by atoms with Crippen LogP contribution in [0.25, 0.3) is 0 Å². The molecule has 0 aliphatic rings. The summed E-state index contributed by atoms with van der Waals surface area (Å²) in [6, 6.07) is 9.77. The highest BCUT2D eigenvalue weighted by Gasteiger charge is 2.05. The third kappa shape index (κ3) is 3.69. The van der Waals surface area contributed by atoms with Crippen LogP contribution in [-0.2, 0) is 13.2 Å². The molecule has 0 radical (unpaired) electrons. The molecule has 0 unspecified atom stereocenters. The van der Waals surface area contributed by atoms with Crippen LogP contribution < -0.4 is 4.74 Å². The second kappa shape index (κ2) is 6.37. The van der Waals surface area contributed by atoms with Gasteiger partial charge in [-0.1, -0.05) is 23.7 Å².